The van der Waals surface area contributed by atoms with Crippen LogP contribution in [0.2, 0.25) is 0 Å². The summed E-state index contributed by atoms with van der Waals surface area (Å²) in [5.41, 5.74) is 0. The Morgan fingerprint density at radius 2 is 2.00 bits per heavy atom. The maximum Gasteiger partial charge on any atom is 0.219 e. The molecule has 7 nitrogen and oxygen atoms in total. The number of tetrazole rings is 1. The lowest BCUT2D eigenvalue weighted by atomic mass is 10.0. The van der Waals surface area contributed by atoms with Gasteiger partial charge in [0.2, 0.25) is 5.91 Å². The summed E-state index contributed by atoms with van der Waals surface area (Å²) in [5.74, 6) is 1.17. The van der Waals surface area contributed by atoms with Crippen molar-refractivity contribution < 1.29 is 4.79 Å². The molecule has 0 saturated carbocycles. The van der Waals surface area contributed by atoms with Gasteiger partial charge in [-0.25, -0.2) is 4.68 Å². The number of unbranched alkanes of at least 4 members (excludes halogenated alkanes) is 1. The molecule has 2 aliphatic heterocycles. The third-order valence-corrected chi connectivity index (χ3v) is 5.24. The number of carbonyl (C=O) groups is 1. The second-order valence-corrected chi connectivity index (χ2v) is 6.77. The van der Waals surface area contributed by atoms with Crippen LogP contribution in [-0.4, -0.2) is 61.1 Å². The summed E-state index contributed by atoms with van der Waals surface area (Å²) < 4.78 is 1.94. The number of aromatic nitrogens is 4. The molecule has 2 atom stereocenters. The Kier molecular flexibility index (Phi) is 5.25. The number of hydrogen-bond donors (Lipinski definition) is 0. The van der Waals surface area contributed by atoms with Gasteiger partial charge in [0.1, 0.15) is 0 Å². The Balaban J connectivity index is 1.68. The lowest BCUT2D eigenvalue weighted by Crippen LogP contribution is -2.47. The maximum absolute atomic E-state index is 11.9. The van der Waals surface area contributed by atoms with Gasteiger partial charge < -0.3 is 4.90 Å². The van der Waals surface area contributed by atoms with Crippen molar-refractivity contribution in [1.29, 1.82) is 0 Å². The van der Waals surface area contributed by atoms with Crippen LogP contribution < -0.4 is 0 Å². The third-order valence-electron chi connectivity index (χ3n) is 5.24. The van der Waals surface area contributed by atoms with Crippen LogP contribution in [0.3, 0.4) is 0 Å². The van der Waals surface area contributed by atoms with Crippen molar-refractivity contribution in [3.05, 3.63) is 5.82 Å². The van der Waals surface area contributed by atoms with Crippen LogP contribution in [0, 0.1) is 0 Å². The summed E-state index contributed by atoms with van der Waals surface area (Å²) in [5, 5.41) is 12.2. The highest BCUT2D eigenvalue weighted by Crippen LogP contribution is 2.30. The van der Waals surface area contributed by atoms with Gasteiger partial charge in [-0.05, 0) is 49.1 Å². The second kappa shape index (κ2) is 7.38. The number of amides is 1. The molecule has 2 saturated heterocycles. The summed E-state index contributed by atoms with van der Waals surface area (Å²) in [4.78, 5) is 16.4. The Morgan fingerprint density at radius 3 is 2.78 bits per heavy atom. The van der Waals surface area contributed by atoms with Gasteiger partial charge in [-0.15, -0.1) is 5.10 Å². The zero-order valence-electron chi connectivity index (χ0n) is 14.3. The molecule has 0 radical (unpaired) electrons. The fraction of sp³-hybridized carbons (Fsp3) is 0.875. The zero-order chi connectivity index (χ0) is 16.2. The smallest absolute Gasteiger partial charge is 0.219 e. The molecule has 3 rings (SSSR count). The molecule has 1 aromatic rings. The Labute approximate surface area is 138 Å². The SMILES string of the molecule is CCCCn1nnnc1CN1CCCC1C1CCCN1C(C)=O. The van der Waals surface area contributed by atoms with Gasteiger partial charge in [0.05, 0.1) is 6.54 Å². The molecule has 0 spiro atoms. The van der Waals surface area contributed by atoms with Crippen LogP contribution in [0.1, 0.15) is 58.2 Å². The van der Waals surface area contributed by atoms with E-state index in [1.54, 1.807) is 6.92 Å². The van der Waals surface area contributed by atoms with Gasteiger partial charge in [0, 0.05) is 32.1 Å². The number of aryl methyl sites for hydroxylation is 1. The second-order valence-electron chi connectivity index (χ2n) is 6.77. The molecule has 23 heavy (non-hydrogen) atoms. The van der Waals surface area contributed by atoms with E-state index in [-0.39, 0.29) is 5.91 Å². The maximum atomic E-state index is 11.9. The standard InChI is InChI=1S/C16H28N6O/c1-3-4-11-22-16(17-18-19-22)12-20-9-5-7-14(20)15-8-6-10-21(15)13(2)23/h14-15H,3-12H2,1-2H3. The highest BCUT2D eigenvalue weighted by Gasteiger charge is 2.39. The van der Waals surface area contributed by atoms with Crippen molar-refractivity contribution >= 4 is 5.91 Å². The van der Waals surface area contributed by atoms with Gasteiger partial charge >= 0.3 is 0 Å². The van der Waals surface area contributed by atoms with E-state index in [2.05, 4.69) is 32.2 Å². The first kappa shape index (κ1) is 16.4. The molecular formula is C16H28N6O. The molecule has 128 valence electrons. The average molecular weight is 320 g/mol. The van der Waals surface area contributed by atoms with Gasteiger partial charge in [-0.1, -0.05) is 13.3 Å². The van der Waals surface area contributed by atoms with Crippen molar-refractivity contribution in [2.75, 3.05) is 13.1 Å². The summed E-state index contributed by atoms with van der Waals surface area (Å²) in [7, 11) is 0. The predicted molar refractivity (Wildman–Crippen MR) is 86.6 cm³/mol. The molecule has 0 bridgehead atoms. The van der Waals surface area contributed by atoms with Crippen LogP contribution in [0.25, 0.3) is 0 Å². The zero-order valence-corrected chi connectivity index (χ0v) is 14.3. The van der Waals surface area contributed by atoms with Gasteiger partial charge in [0.15, 0.2) is 5.82 Å². The fourth-order valence-corrected chi connectivity index (χ4v) is 4.07. The highest BCUT2D eigenvalue weighted by molar-refractivity contribution is 5.74. The Morgan fingerprint density at radius 1 is 1.22 bits per heavy atom. The summed E-state index contributed by atoms with van der Waals surface area (Å²) in [6.45, 7) is 7.55. The first-order valence-corrected chi connectivity index (χ1v) is 8.97. The lowest BCUT2D eigenvalue weighted by molar-refractivity contribution is -0.130. The normalized spacial score (nSPS) is 25.4. The number of hydrogen-bond acceptors (Lipinski definition) is 5. The van der Waals surface area contributed by atoms with Crippen molar-refractivity contribution in [2.24, 2.45) is 0 Å². The first-order chi connectivity index (χ1) is 11.2. The third kappa shape index (κ3) is 3.54. The van der Waals surface area contributed by atoms with Crippen LogP contribution in [-0.2, 0) is 17.9 Å². The topological polar surface area (TPSA) is 67.2 Å². The molecule has 0 aliphatic carbocycles. The van der Waals surface area contributed by atoms with Crippen molar-refractivity contribution in [2.45, 2.75) is 77.5 Å². The van der Waals surface area contributed by atoms with E-state index in [1.807, 2.05) is 4.68 Å². The monoisotopic (exact) mass is 320 g/mol. The minimum absolute atomic E-state index is 0.215. The molecule has 0 N–H and O–H groups in total. The molecule has 1 amide bonds. The molecule has 2 aliphatic rings. The average Bonchev–Trinajstić information content (AvgIpc) is 3.25. The van der Waals surface area contributed by atoms with E-state index in [0.717, 1.165) is 57.7 Å². The Bertz CT molecular complexity index is 530. The lowest BCUT2D eigenvalue weighted by Gasteiger charge is -2.34. The van der Waals surface area contributed by atoms with E-state index < -0.39 is 0 Å². The molecular weight excluding hydrogens is 292 g/mol. The van der Waals surface area contributed by atoms with Crippen LogP contribution in [0.4, 0.5) is 0 Å². The van der Waals surface area contributed by atoms with Gasteiger partial charge in [-0.2, -0.15) is 0 Å². The number of carbonyl (C=O) groups excluding carboxylic acids is 1. The molecule has 3 heterocycles. The van der Waals surface area contributed by atoms with Gasteiger partial charge in [-0.3, -0.25) is 9.69 Å². The van der Waals surface area contributed by atoms with E-state index in [1.165, 1.54) is 12.8 Å². The van der Waals surface area contributed by atoms with Gasteiger partial charge in [0.25, 0.3) is 0 Å². The molecule has 0 aromatic carbocycles. The molecule has 2 unspecified atom stereocenters. The minimum atomic E-state index is 0.215. The van der Waals surface area contributed by atoms with Crippen molar-refractivity contribution in [3.8, 4) is 0 Å². The predicted octanol–water partition coefficient (Wildman–Crippen LogP) is 1.45. The van der Waals surface area contributed by atoms with Crippen LogP contribution in [0.5, 0.6) is 0 Å². The molecule has 1 aromatic heterocycles. The molecule has 2 fully saturated rings. The van der Waals surface area contributed by atoms with Crippen LogP contribution >= 0.6 is 0 Å². The minimum Gasteiger partial charge on any atom is -0.338 e. The number of nitrogens with zero attached hydrogens (tertiary/aromatic N) is 6. The summed E-state index contributed by atoms with van der Waals surface area (Å²) in [6, 6.07) is 0.827. The first-order valence-electron chi connectivity index (χ1n) is 8.97. The largest absolute Gasteiger partial charge is 0.338 e. The van der Waals surface area contributed by atoms with E-state index in [0.29, 0.717) is 12.1 Å². The quantitative estimate of drug-likeness (QED) is 0.793. The van der Waals surface area contributed by atoms with Crippen LogP contribution in [0.15, 0.2) is 0 Å². The highest BCUT2D eigenvalue weighted by atomic mass is 16.2. The summed E-state index contributed by atoms with van der Waals surface area (Å²) >= 11 is 0. The van der Waals surface area contributed by atoms with Crippen molar-refractivity contribution in [3.63, 3.8) is 0 Å². The van der Waals surface area contributed by atoms with E-state index in [9.17, 15) is 4.79 Å². The Hall–Kier alpha value is -1.50. The van der Waals surface area contributed by atoms with Crippen molar-refractivity contribution in [1.82, 2.24) is 30.0 Å². The number of rotatable bonds is 6. The summed E-state index contributed by atoms with van der Waals surface area (Å²) in [6.07, 6.45) is 6.86. The molecule has 7 heteroatoms. The van der Waals surface area contributed by atoms with E-state index >= 15 is 0 Å². The number of likely N-dealkylation sites (tertiary alicyclic amines) is 2. The van der Waals surface area contributed by atoms with E-state index in [4.69, 9.17) is 0 Å². The fourth-order valence-electron chi connectivity index (χ4n) is 4.07.